The lowest BCUT2D eigenvalue weighted by Gasteiger charge is -2.13. The van der Waals surface area contributed by atoms with Crippen molar-refractivity contribution in [3.8, 4) is 0 Å². The summed E-state index contributed by atoms with van der Waals surface area (Å²) in [7, 11) is 1.91. The fourth-order valence-corrected chi connectivity index (χ4v) is 1.48. The fourth-order valence-electron chi connectivity index (χ4n) is 1.48. The van der Waals surface area contributed by atoms with Gasteiger partial charge in [-0.25, -0.2) is 0 Å². The molecule has 0 aromatic carbocycles. The molecule has 0 radical (unpaired) electrons. The zero-order valence-corrected chi connectivity index (χ0v) is 8.88. The summed E-state index contributed by atoms with van der Waals surface area (Å²) in [6, 6.07) is 4.28. The average Bonchev–Trinajstić information content (AvgIpc) is 2.65. The first kappa shape index (κ1) is 9.71. The van der Waals surface area contributed by atoms with E-state index in [-0.39, 0.29) is 6.04 Å². The minimum Gasteiger partial charge on any atom is -0.376 e. The molecular weight excluding hydrogens is 188 g/mol. The van der Waals surface area contributed by atoms with Gasteiger partial charge in [0.2, 0.25) is 0 Å². The Hall–Kier alpha value is -1.84. The van der Waals surface area contributed by atoms with E-state index in [0.717, 1.165) is 5.69 Å². The van der Waals surface area contributed by atoms with E-state index in [2.05, 4.69) is 22.3 Å². The summed E-state index contributed by atoms with van der Waals surface area (Å²) >= 11 is 0. The molecule has 0 aliphatic heterocycles. The van der Waals surface area contributed by atoms with Gasteiger partial charge in [0.25, 0.3) is 0 Å². The van der Waals surface area contributed by atoms with E-state index in [9.17, 15) is 0 Å². The van der Waals surface area contributed by atoms with E-state index < -0.39 is 0 Å². The van der Waals surface area contributed by atoms with E-state index in [1.807, 2.05) is 31.6 Å². The molecule has 0 aliphatic carbocycles. The number of hydrogen-bond donors (Lipinski definition) is 1. The third-order valence-electron chi connectivity index (χ3n) is 2.29. The highest BCUT2D eigenvalue weighted by molar-refractivity contribution is 5.41. The molecule has 4 heteroatoms. The molecule has 2 rings (SSSR count). The molecule has 15 heavy (non-hydrogen) atoms. The van der Waals surface area contributed by atoms with Crippen molar-refractivity contribution in [3.05, 3.63) is 42.5 Å². The minimum absolute atomic E-state index is 0.261. The zero-order chi connectivity index (χ0) is 10.7. The van der Waals surface area contributed by atoms with Crippen LogP contribution in [0.1, 0.15) is 18.5 Å². The number of aromatic nitrogens is 3. The van der Waals surface area contributed by atoms with Crippen molar-refractivity contribution in [1.29, 1.82) is 0 Å². The zero-order valence-electron chi connectivity index (χ0n) is 8.88. The Bertz CT molecular complexity index is 421. The van der Waals surface area contributed by atoms with Gasteiger partial charge in [-0.05, 0) is 24.6 Å². The maximum absolute atomic E-state index is 4.11. The van der Waals surface area contributed by atoms with E-state index >= 15 is 0 Å². The van der Waals surface area contributed by atoms with Gasteiger partial charge in [-0.3, -0.25) is 9.67 Å². The Morgan fingerprint density at radius 3 is 2.67 bits per heavy atom. The van der Waals surface area contributed by atoms with Gasteiger partial charge in [0, 0.05) is 31.7 Å². The number of anilines is 1. The lowest BCUT2D eigenvalue weighted by atomic mass is 10.1. The Morgan fingerprint density at radius 2 is 2.07 bits per heavy atom. The van der Waals surface area contributed by atoms with Crippen LogP contribution < -0.4 is 5.32 Å². The lowest BCUT2D eigenvalue weighted by molar-refractivity contribution is 0.767. The summed E-state index contributed by atoms with van der Waals surface area (Å²) in [5.74, 6) is 0. The van der Waals surface area contributed by atoms with Crippen LogP contribution in [-0.2, 0) is 7.05 Å². The van der Waals surface area contributed by atoms with Crippen molar-refractivity contribution < 1.29 is 0 Å². The minimum atomic E-state index is 0.261. The van der Waals surface area contributed by atoms with E-state index in [4.69, 9.17) is 0 Å². The first-order chi connectivity index (χ1) is 7.25. The van der Waals surface area contributed by atoms with E-state index in [0.29, 0.717) is 0 Å². The fraction of sp³-hybridized carbons (Fsp3) is 0.273. The maximum Gasteiger partial charge on any atom is 0.0731 e. The Balaban J connectivity index is 2.07. The SMILES string of the molecule is C[C@@H](Nc1cnn(C)c1)c1ccncc1. The summed E-state index contributed by atoms with van der Waals surface area (Å²) in [5, 5.41) is 7.47. The van der Waals surface area contributed by atoms with E-state index in [1.165, 1.54) is 5.56 Å². The van der Waals surface area contributed by atoms with E-state index in [1.54, 1.807) is 17.1 Å². The molecule has 0 saturated heterocycles. The summed E-state index contributed by atoms with van der Waals surface area (Å²) in [5.41, 5.74) is 2.25. The quantitative estimate of drug-likeness (QED) is 0.827. The number of rotatable bonds is 3. The van der Waals surface area contributed by atoms with Crippen LogP contribution in [0.2, 0.25) is 0 Å². The third kappa shape index (κ3) is 2.34. The van der Waals surface area contributed by atoms with Crippen molar-refractivity contribution in [2.24, 2.45) is 7.05 Å². The number of pyridine rings is 1. The Kier molecular flexibility index (Phi) is 2.67. The summed E-state index contributed by atoms with van der Waals surface area (Å²) < 4.78 is 1.78. The highest BCUT2D eigenvalue weighted by Crippen LogP contribution is 2.17. The highest BCUT2D eigenvalue weighted by Gasteiger charge is 2.05. The molecule has 0 spiro atoms. The van der Waals surface area contributed by atoms with Crippen LogP contribution >= 0.6 is 0 Å². The van der Waals surface area contributed by atoms with Crippen molar-refractivity contribution in [3.63, 3.8) is 0 Å². The first-order valence-electron chi connectivity index (χ1n) is 4.91. The van der Waals surface area contributed by atoms with Gasteiger partial charge in [0.15, 0.2) is 0 Å². The van der Waals surface area contributed by atoms with Crippen molar-refractivity contribution >= 4 is 5.69 Å². The van der Waals surface area contributed by atoms with Crippen LogP contribution in [0.5, 0.6) is 0 Å². The molecule has 0 saturated carbocycles. The monoisotopic (exact) mass is 202 g/mol. The molecular formula is C11H14N4. The molecule has 2 aromatic heterocycles. The van der Waals surface area contributed by atoms with Crippen molar-refractivity contribution in [2.45, 2.75) is 13.0 Å². The number of nitrogens with zero attached hydrogens (tertiary/aromatic N) is 3. The lowest BCUT2D eigenvalue weighted by Crippen LogP contribution is -2.05. The van der Waals surface area contributed by atoms with Crippen LogP contribution in [0.25, 0.3) is 0 Å². The van der Waals surface area contributed by atoms with Gasteiger partial charge in [-0.1, -0.05) is 0 Å². The predicted molar refractivity (Wildman–Crippen MR) is 59.5 cm³/mol. The topological polar surface area (TPSA) is 42.7 Å². The molecule has 1 atom stereocenters. The molecule has 2 heterocycles. The summed E-state index contributed by atoms with van der Waals surface area (Å²) in [6.07, 6.45) is 7.38. The van der Waals surface area contributed by atoms with Crippen LogP contribution in [-0.4, -0.2) is 14.8 Å². The highest BCUT2D eigenvalue weighted by atomic mass is 15.3. The normalized spacial score (nSPS) is 12.4. The van der Waals surface area contributed by atoms with Gasteiger partial charge < -0.3 is 5.32 Å². The largest absolute Gasteiger partial charge is 0.376 e. The second-order valence-electron chi connectivity index (χ2n) is 3.55. The molecule has 4 nitrogen and oxygen atoms in total. The summed E-state index contributed by atoms with van der Waals surface area (Å²) in [6.45, 7) is 2.11. The molecule has 1 N–H and O–H groups in total. The van der Waals surface area contributed by atoms with Crippen LogP contribution in [0.4, 0.5) is 5.69 Å². The van der Waals surface area contributed by atoms with Crippen LogP contribution in [0, 0.1) is 0 Å². The van der Waals surface area contributed by atoms with Crippen molar-refractivity contribution in [1.82, 2.24) is 14.8 Å². The second-order valence-corrected chi connectivity index (χ2v) is 3.55. The average molecular weight is 202 g/mol. The standard InChI is InChI=1S/C11H14N4/c1-9(10-3-5-12-6-4-10)14-11-7-13-15(2)8-11/h3-9,14H,1-2H3/t9-/m1/s1. The maximum atomic E-state index is 4.11. The second kappa shape index (κ2) is 4.13. The van der Waals surface area contributed by atoms with Crippen LogP contribution in [0.3, 0.4) is 0 Å². The van der Waals surface area contributed by atoms with Gasteiger partial charge >= 0.3 is 0 Å². The molecule has 0 amide bonds. The Labute approximate surface area is 89.0 Å². The third-order valence-corrected chi connectivity index (χ3v) is 2.29. The van der Waals surface area contributed by atoms with Crippen LogP contribution in [0.15, 0.2) is 36.9 Å². The van der Waals surface area contributed by atoms with Gasteiger partial charge in [-0.2, -0.15) is 5.10 Å². The van der Waals surface area contributed by atoms with Gasteiger partial charge in [0.1, 0.15) is 0 Å². The smallest absolute Gasteiger partial charge is 0.0731 e. The molecule has 0 bridgehead atoms. The molecule has 78 valence electrons. The van der Waals surface area contributed by atoms with Gasteiger partial charge in [-0.15, -0.1) is 0 Å². The number of nitrogens with one attached hydrogen (secondary N) is 1. The Morgan fingerprint density at radius 1 is 1.33 bits per heavy atom. The van der Waals surface area contributed by atoms with Gasteiger partial charge in [0.05, 0.1) is 11.9 Å². The molecule has 0 fully saturated rings. The first-order valence-corrected chi connectivity index (χ1v) is 4.91. The number of hydrogen-bond acceptors (Lipinski definition) is 3. The van der Waals surface area contributed by atoms with Crippen molar-refractivity contribution in [2.75, 3.05) is 5.32 Å². The molecule has 0 aliphatic rings. The molecule has 2 aromatic rings. The predicted octanol–water partition coefficient (Wildman–Crippen LogP) is 1.99. The number of aryl methyl sites for hydroxylation is 1. The summed E-state index contributed by atoms with van der Waals surface area (Å²) in [4.78, 5) is 3.99. The molecule has 0 unspecified atom stereocenters.